The van der Waals surface area contributed by atoms with E-state index in [0.29, 0.717) is 19.8 Å². The number of rotatable bonds is 7. The summed E-state index contributed by atoms with van der Waals surface area (Å²) in [4.78, 5) is 0. The molecule has 0 aromatic rings. The van der Waals surface area contributed by atoms with Crippen molar-refractivity contribution >= 4 is 8.32 Å². The fourth-order valence-corrected chi connectivity index (χ4v) is 1.89. The molecular formula is C11H27NO2Si. The quantitative estimate of drug-likeness (QED) is 0.542. The van der Waals surface area contributed by atoms with E-state index >= 15 is 0 Å². The highest BCUT2D eigenvalue weighted by Gasteiger charge is 2.36. The van der Waals surface area contributed by atoms with Crippen molar-refractivity contribution in [3.05, 3.63) is 0 Å². The van der Waals surface area contributed by atoms with Crippen molar-refractivity contribution in [1.29, 1.82) is 0 Å². The second-order valence-corrected chi connectivity index (χ2v) is 10.2. The van der Waals surface area contributed by atoms with Crippen LogP contribution in [0.3, 0.4) is 0 Å². The molecule has 0 aliphatic heterocycles. The third kappa shape index (κ3) is 6.30. The third-order valence-corrected chi connectivity index (χ3v) is 7.53. The molecule has 0 spiro atoms. The van der Waals surface area contributed by atoms with Gasteiger partial charge in [-0.05, 0) is 31.1 Å². The minimum Gasteiger partial charge on any atom is -0.414 e. The highest BCUT2D eigenvalue weighted by molar-refractivity contribution is 6.74. The zero-order chi connectivity index (χ0) is 11.9. The molecular weight excluding hydrogens is 206 g/mol. The van der Waals surface area contributed by atoms with E-state index in [9.17, 15) is 0 Å². The van der Waals surface area contributed by atoms with E-state index < -0.39 is 8.32 Å². The van der Waals surface area contributed by atoms with Crippen molar-refractivity contribution in [2.45, 2.75) is 45.3 Å². The molecule has 4 heteroatoms. The van der Waals surface area contributed by atoms with E-state index in [0.717, 1.165) is 13.0 Å². The van der Waals surface area contributed by atoms with Crippen LogP contribution in [-0.4, -0.2) is 34.7 Å². The zero-order valence-corrected chi connectivity index (χ0v) is 11.9. The van der Waals surface area contributed by atoms with Crippen molar-refractivity contribution < 1.29 is 9.16 Å². The average Bonchev–Trinajstić information content (AvgIpc) is 2.09. The predicted molar refractivity (Wildman–Crippen MR) is 67.6 cm³/mol. The first-order chi connectivity index (χ1) is 6.81. The van der Waals surface area contributed by atoms with Crippen LogP contribution in [0, 0.1) is 0 Å². The van der Waals surface area contributed by atoms with Gasteiger partial charge in [0.15, 0.2) is 8.32 Å². The first-order valence-corrected chi connectivity index (χ1v) is 8.64. The van der Waals surface area contributed by atoms with E-state index in [-0.39, 0.29) is 5.04 Å². The maximum atomic E-state index is 5.96. The lowest BCUT2D eigenvalue weighted by molar-refractivity contribution is 0.0948. The van der Waals surface area contributed by atoms with Gasteiger partial charge >= 0.3 is 0 Å². The maximum absolute atomic E-state index is 5.96. The van der Waals surface area contributed by atoms with Gasteiger partial charge in [-0.15, -0.1) is 0 Å². The molecule has 0 bridgehead atoms. The Bertz CT molecular complexity index is 166. The molecule has 0 atom stereocenters. The molecule has 0 heterocycles. The number of nitrogens with two attached hydrogens (primary N) is 1. The fraction of sp³-hybridized carbons (Fsp3) is 1.00. The second-order valence-electron chi connectivity index (χ2n) is 5.36. The molecule has 0 unspecified atom stereocenters. The summed E-state index contributed by atoms with van der Waals surface area (Å²) in [5.41, 5.74) is 5.37. The topological polar surface area (TPSA) is 44.5 Å². The van der Waals surface area contributed by atoms with E-state index in [4.69, 9.17) is 14.9 Å². The summed E-state index contributed by atoms with van der Waals surface area (Å²) >= 11 is 0. The Kier molecular flexibility index (Phi) is 6.67. The van der Waals surface area contributed by atoms with Gasteiger partial charge in [0.25, 0.3) is 0 Å². The van der Waals surface area contributed by atoms with Crippen LogP contribution >= 0.6 is 0 Å². The first kappa shape index (κ1) is 15.1. The monoisotopic (exact) mass is 233 g/mol. The lowest BCUT2D eigenvalue weighted by atomic mass is 10.2. The molecule has 0 radical (unpaired) electrons. The van der Waals surface area contributed by atoms with Crippen LogP contribution in [0.4, 0.5) is 0 Å². The summed E-state index contributed by atoms with van der Waals surface area (Å²) in [5.74, 6) is 0. The molecule has 0 aliphatic carbocycles. The Morgan fingerprint density at radius 3 is 2.13 bits per heavy atom. The van der Waals surface area contributed by atoms with Gasteiger partial charge in [0, 0.05) is 6.61 Å². The molecule has 3 nitrogen and oxygen atoms in total. The number of hydrogen-bond donors (Lipinski definition) is 1. The van der Waals surface area contributed by atoms with Crippen LogP contribution in [0.25, 0.3) is 0 Å². The second kappa shape index (κ2) is 6.63. The Morgan fingerprint density at radius 2 is 1.67 bits per heavy atom. The van der Waals surface area contributed by atoms with E-state index in [2.05, 4.69) is 33.9 Å². The summed E-state index contributed by atoms with van der Waals surface area (Å²) in [7, 11) is -1.58. The highest BCUT2D eigenvalue weighted by Crippen LogP contribution is 2.36. The van der Waals surface area contributed by atoms with Crippen LogP contribution in [0.5, 0.6) is 0 Å². The molecule has 92 valence electrons. The van der Waals surface area contributed by atoms with Gasteiger partial charge in [-0.1, -0.05) is 20.8 Å². The number of ether oxygens (including phenoxy) is 1. The smallest absolute Gasteiger partial charge is 0.192 e. The lowest BCUT2D eigenvalue weighted by Gasteiger charge is -2.36. The van der Waals surface area contributed by atoms with Gasteiger partial charge in [0.05, 0.1) is 13.2 Å². The summed E-state index contributed by atoms with van der Waals surface area (Å²) < 4.78 is 11.4. The molecule has 0 rings (SSSR count). The Balaban J connectivity index is 3.58. The van der Waals surface area contributed by atoms with E-state index in [1.807, 2.05) is 0 Å². The van der Waals surface area contributed by atoms with Gasteiger partial charge < -0.3 is 14.9 Å². The van der Waals surface area contributed by atoms with E-state index in [1.54, 1.807) is 0 Å². The van der Waals surface area contributed by atoms with Crippen molar-refractivity contribution in [3.63, 3.8) is 0 Å². The van der Waals surface area contributed by atoms with Crippen molar-refractivity contribution in [2.75, 3.05) is 26.4 Å². The Hall–Kier alpha value is 0.0969. The minimum atomic E-state index is -1.58. The van der Waals surface area contributed by atoms with Crippen LogP contribution in [0.1, 0.15) is 27.2 Å². The van der Waals surface area contributed by atoms with Gasteiger partial charge in [-0.25, -0.2) is 0 Å². The predicted octanol–water partition coefficient (Wildman–Crippen LogP) is 2.37. The Morgan fingerprint density at radius 1 is 1.07 bits per heavy atom. The lowest BCUT2D eigenvalue weighted by Crippen LogP contribution is -2.41. The molecule has 0 saturated heterocycles. The molecule has 0 aliphatic rings. The molecule has 0 amide bonds. The summed E-state index contributed by atoms with van der Waals surface area (Å²) in [6.45, 7) is 14.1. The van der Waals surface area contributed by atoms with Crippen LogP contribution in [-0.2, 0) is 9.16 Å². The largest absolute Gasteiger partial charge is 0.414 e. The van der Waals surface area contributed by atoms with Crippen molar-refractivity contribution in [3.8, 4) is 0 Å². The minimum absolute atomic E-state index is 0.282. The fourth-order valence-electron chi connectivity index (χ4n) is 0.860. The van der Waals surface area contributed by atoms with E-state index in [1.165, 1.54) is 0 Å². The maximum Gasteiger partial charge on any atom is 0.192 e. The highest BCUT2D eigenvalue weighted by atomic mass is 28.4. The summed E-state index contributed by atoms with van der Waals surface area (Å²) in [6.07, 6.45) is 0.931. The Labute approximate surface area is 95.5 Å². The van der Waals surface area contributed by atoms with Crippen molar-refractivity contribution in [1.82, 2.24) is 0 Å². The van der Waals surface area contributed by atoms with Gasteiger partial charge in [-0.3, -0.25) is 0 Å². The molecule has 0 saturated carbocycles. The third-order valence-electron chi connectivity index (χ3n) is 2.99. The van der Waals surface area contributed by atoms with Crippen molar-refractivity contribution in [2.24, 2.45) is 5.73 Å². The molecule has 15 heavy (non-hydrogen) atoms. The SMILES string of the molecule is CC(C)(C)[Si](C)(C)OCCOCCCN. The van der Waals surface area contributed by atoms with Crippen LogP contribution in [0.15, 0.2) is 0 Å². The number of hydrogen-bond acceptors (Lipinski definition) is 3. The van der Waals surface area contributed by atoms with Gasteiger partial charge in [0.1, 0.15) is 0 Å². The van der Waals surface area contributed by atoms with Gasteiger partial charge in [0.2, 0.25) is 0 Å². The standard InChI is InChI=1S/C11H27NO2Si/c1-11(2,3)15(4,5)14-10-9-13-8-6-7-12/h6-10,12H2,1-5H3. The average molecular weight is 233 g/mol. The van der Waals surface area contributed by atoms with Gasteiger partial charge in [-0.2, -0.15) is 0 Å². The molecule has 2 N–H and O–H groups in total. The summed E-state index contributed by atoms with van der Waals surface area (Å²) in [5, 5.41) is 0.282. The van der Waals surface area contributed by atoms with Crippen LogP contribution < -0.4 is 5.73 Å². The van der Waals surface area contributed by atoms with Crippen LogP contribution in [0.2, 0.25) is 18.1 Å². The molecule has 0 fully saturated rings. The zero-order valence-electron chi connectivity index (χ0n) is 10.9. The summed E-state index contributed by atoms with van der Waals surface area (Å²) in [6, 6.07) is 0. The molecule has 0 aromatic carbocycles. The first-order valence-electron chi connectivity index (χ1n) is 5.73. The normalized spacial score (nSPS) is 13.2. The molecule has 0 aromatic heterocycles.